The molecule has 1 aromatic rings. The van der Waals surface area contributed by atoms with Gasteiger partial charge in [-0.2, -0.15) is 0 Å². The van der Waals surface area contributed by atoms with Crippen LogP contribution < -0.4 is 10.1 Å². The SMILES string of the molecule is CCOC(=O)C1(C)CNc2cc(Cl)ccc2O1. The van der Waals surface area contributed by atoms with Crippen LogP contribution in [-0.2, 0) is 9.53 Å². The Morgan fingerprint density at radius 2 is 2.41 bits per heavy atom. The molecule has 92 valence electrons. The lowest BCUT2D eigenvalue weighted by Gasteiger charge is -2.34. The van der Waals surface area contributed by atoms with E-state index >= 15 is 0 Å². The van der Waals surface area contributed by atoms with Crippen LogP contribution in [0.1, 0.15) is 13.8 Å². The first-order valence-electron chi connectivity index (χ1n) is 5.45. The molecule has 0 amide bonds. The minimum absolute atomic E-state index is 0.339. The number of hydrogen-bond donors (Lipinski definition) is 1. The molecule has 0 bridgehead atoms. The maximum atomic E-state index is 11.8. The smallest absolute Gasteiger partial charge is 0.352 e. The fourth-order valence-corrected chi connectivity index (χ4v) is 1.84. The Hall–Kier alpha value is -1.42. The van der Waals surface area contributed by atoms with E-state index in [-0.39, 0.29) is 5.97 Å². The van der Waals surface area contributed by atoms with Crippen molar-refractivity contribution in [2.45, 2.75) is 19.4 Å². The second-order valence-electron chi connectivity index (χ2n) is 4.05. The van der Waals surface area contributed by atoms with Crippen molar-refractivity contribution in [1.29, 1.82) is 0 Å². The highest BCUT2D eigenvalue weighted by molar-refractivity contribution is 6.30. The Morgan fingerprint density at radius 3 is 3.12 bits per heavy atom. The van der Waals surface area contributed by atoms with Crippen LogP contribution in [0.4, 0.5) is 5.69 Å². The second-order valence-corrected chi connectivity index (χ2v) is 4.48. The number of rotatable bonds is 2. The zero-order valence-corrected chi connectivity index (χ0v) is 10.5. The van der Waals surface area contributed by atoms with Crippen molar-refractivity contribution in [3.63, 3.8) is 0 Å². The van der Waals surface area contributed by atoms with Crippen LogP contribution >= 0.6 is 11.6 Å². The van der Waals surface area contributed by atoms with Gasteiger partial charge in [0.25, 0.3) is 0 Å². The van der Waals surface area contributed by atoms with Gasteiger partial charge in [0.05, 0.1) is 18.8 Å². The predicted octanol–water partition coefficient (Wildman–Crippen LogP) is 2.47. The van der Waals surface area contributed by atoms with Gasteiger partial charge in [-0.3, -0.25) is 0 Å². The van der Waals surface area contributed by atoms with Crippen LogP contribution in [-0.4, -0.2) is 24.7 Å². The summed E-state index contributed by atoms with van der Waals surface area (Å²) in [6.45, 7) is 4.17. The number of ether oxygens (including phenoxy) is 2. The number of halogens is 1. The fraction of sp³-hybridized carbons (Fsp3) is 0.417. The predicted molar refractivity (Wildman–Crippen MR) is 65.6 cm³/mol. The van der Waals surface area contributed by atoms with Crippen molar-refractivity contribution in [2.75, 3.05) is 18.5 Å². The molecule has 0 fully saturated rings. The first-order chi connectivity index (χ1) is 8.05. The van der Waals surface area contributed by atoms with Gasteiger partial charge in [0.2, 0.25) is 5.60 Å². The highest BCUT2D eigenvalue weighted by Crippen LogP contribution is 2.35. The Labute approximate surface area is 105 Å². The van der Waals surface area contributed by atoms with Gasteiger partial charge in [0, 0.05) is 5.02 Å². The first-order valence-corrected chi connectivity index (χ1v) is 5.82. The molecule has 2 rings (SSSR count). The zero-order chi connectivity index (χ0) is 12.5. The lowest BCUT2D eigenvalue weighted by molar-refractivity contribution is -0.159. The minimum Gasteiger partial charge on any atom is -0.472 e. The monoisotopic (exact) mass is 255 g/mol. The van der Waals surface area contributed by atoms with Crippen LogP contribution in [0.3, 0.4) is 0 Å². The van der Waals surface area contributed by atoms with Crippen molar-refractivity contribution in [1.82, 2.24) is 0 Å². The number of hydrogen-bond acceptors (Lipinski definition) is 4. The largest absolute Gasteiger partial charge is 0.472 e. The summed E-state index contributed by atoms with van der Waals surface area (Å²) in [7, 11) is 0. The highest BCUT2D eigenvalue weighted by Gasteiger charge is 2.40. The molecule has 5 heteroatoms. The van der Waals surface area contributed by atoms with Crippen LogP contribution in [0.2, 0.25) is 5.02 Å². The van der Waals surface area contributed by atoms with Gasteiger partial charge in [-0.1, -0.05) is 11.6 Å². The molecule has 0 saturated heterocycles. The number of benzene rings is 1. The lowest BCUT2D eigenvalue weighted by Crippen LogP contribution is -2.50. The summed E-state index contributed by atoms with van der Waals surface area (Å²) in [5.74, 6) is 0.240. The molecule has 17 heavy (non-hydrogen) atoms. The Kier molecular flexibility index (Phi) is 3.15. The van der Waals surface area contributed by atoms with Gasteiger partial charge in [-0.15, -0.1) is 0 Å². The normalized spacial score (nSPS) is 22.1. The van der Waals surface area contributed by atoms with Gasteiger partial charge in [0.15, 0.2) is 0 Å². The molecule has 0 spiro atoms. The highest BCUT2D eigenvalue weighted by atomic mass is 35.5. The van der Waals surface area contributed by atoms with Gasteiger partial charge in [0.1, 0.15) is 5.75 Å². The van der Waals surface area contributed by atoms with Crippen molar-refractivity contribution in [3.8, 4) is 5.75 Å². The third-order valence-corrected chi connectivity index (χ3v) is 2.84. The van der Waals surface area contributed by atoms with E-state index in [0.717, 1.165) is 5.69 Å². The van der Waals surface area contributed by atoms with E-state index < -0.39 is 5.60 Å². The summed E-state index contributed by atoms with van der Waals surface area (Å²) >= 11 is 5.87. The molecular weight excluding hydrogens is 242 g/mol. The van der Waals surface area contributed by atoms with Gasteiger partial charge < -0.3 is 14.8 Å². The molecule has 1 aliphatic heterocycles. The van der Waals surface area contributed by atoms with Crippen molar-refractivity contribution < 1.29 is 14.3 Å². The maximum Gasteiger partial charge on any atom is 0.352 e. The molecule has 1 aromatic carbocycles. The number of carbonyl (C=O) groups is 1. The summed E-state index contributed by atoms with van der Waals surface area (Å²) < 4.78 is 10.7. The van der Waals surface area contributed by atoms with E-state index in [1.165, 1.54) is 0 Å². The van der Waals surface area contributed by atoms with Crippen LogP contribution in [0.15, 0.2) is 18.2 Å². The molecule has 1 N–H and O–H groups in total. The number of esters is 1. The van der Waals surface area contributed by atoms with Crippen molar-refractivity contribution in [2.24, 2.45) is 0 Å². The number of anilines is 1. The number of fused-ring (bicyclic) bond motifs is 1. The first kappa shape index (κ1) is 12.0. The molecule has 1 heterocycles. The molecule has 0 aromatic heterocycles. The average Bonchev–Trinajstić information content (AvgIpc) is 2.30. The van der Waals surface area contributed by atoms with Crippen LogP contribution in [0.25, 0.3) is 0 Å². The van der Waals surface area contributed by atoms with Gasteiger partial charge in [-0.05, 0) is 32.0 Å². The maximum absolute atomic E-state index is 11.8. The van der Waals surface area contributed by atoms with Crippen molar-refractivity contribution in [3.05, 3.63) is 23.2 Å². The molecule has 1 unspecified atom stereocenters. The van der Waals surface area contributed by atoms with E-state index in [4.69, 9.17) is 21.1 Å². The Morgan fingerprint density at radius 1 is 1.65 bits per heavy atom. The molecule has 4 nitrogen and oxygen atoms in total. The van der Waals surface area contributed by atoms with E-state index in [9.17, 15) is 4.79 Å². The minimum atomic E-state index is -0.989. The zero-order valence-electron chi connectivity index (χ0n) is 9.75. The lowest BCUT2D eigenvalue weighted by atomic mass is 10.0. The van der Waals surface area contributed by atoms with Crippen LogP contribution in [0, 0.1) is 0 Å². The number of carbonyl (C=O) groups excluding carboxylic acids is 1. The van der Waals surface area contributed by atoms with E-state index in [0.29, 0.717) is 23.9 Å². The Balaban J connectivity index is 2.23. The van der Waals surface area contributed by atoms with E-state index in [2.05, 4.69) is 5.32 Å². The molecule has 0 radical (unpaired) electrons. The summed E-state index contributed by atoms with van der Waals surface area (Å²) in [6, 6.07) is 5.22. The third kappa shape index (κ3) is 2.31. The molecule has 0 saturated carbocycles. The fourth-order valence-electron chi connectivity index (χ4n) is 1.67. The third-order valence-electron chi connectivity index (χ3n) is 2.60. The van der Waals surface area contributed by atoms with Crippen molar-refractivity contribution >= 4 is 23.3 Å². The second kappa shape index (κ2) is 4.45. The molecule has 1 atom stereocenters. The van der Waals surface area contributed by atoms with Crippen LogP contribution in [0.5, 0.6) is 5.75 Å². The topological polar surface area (TPSA) is 47.6 Å². The standard InChI is InChI=1S/C12H14ClNO3/c1-3-16-11(15)12(2)7-14-9-6-8(13)4-5-10(9)17-12/h4-6,14H,3,7H2,1-2H3. The summed E-state index contributed by atoms with van der Waals surface area (Å²) in [5, 5.41) is 3.75. The summed E-state index contributed by atoms with van der Waals surface area (Å²) in [4.78, 5) is 11.8. The number of nitrogens with one attached hydrogen (secondary N) is 1. The van der Waals surface area contributed by atoms with Gasteiger partial charge in [-0.25, -0.2) is 4.79 Å². The molecule has 1 aliphatic rings. The molecular formula is C12H14ClNO3. The summed E-state index contributed by atoms with van der Waals surface area (Å²) in [6.07, 6.45) is 0. The van der Waals surface area contributed by atoms with E-state index in [1.807, 2.05) is 0 Å². The van der Waals surface area contributed by atoms with Gasteiger partial charge >= 0.3 is 5.97 Å². The average molecular weight is 256 g/mol. The van der Waals surface area contributed by atoms with E-state index in [1.54, 1.807) is 32.0 Å². The summed E-state index contributed by atoms with van der Waals surface area (Å²) in [5.41, 5.74) is -0.198. The quantitative estimate of drug-likeness (QED) is 0.825. The molecule has 0 aliphatic carbocycles. The Bertz CT molecular complexity index is 449.